The van der Waals surface area contributed by atoms with Crippen LogP contribution in [0.2, 0.25) is 12.1 Å². The van der Waals surface area contributed by atoms with Gasteiger partial charge in [-0.3, -0.25) is 0 Å². The topological polar surface area (TPSA) is 18.5 Å². The Hall–Kier alpha value is -0.383. The van der Waals surface area contributed by atoms with E-state index < -0.39 is 8.56 Å². The van der Waals surface area contributed by atoms with E-state index in [9.17, 15) is 0 Å². The van der Waals surface area contributed by atoms with Crippen molar-refractivity contribution in [2.45, 2.75) is 32.4 Å². The monoisotopic (exact) mass is 214 g/mol. The molecule has 0 amide bonds. The van der Waals surface area contributed by atoms with Crippen LogP contribution in [0.15, 0.2) is 25.3 Å². The summed E-state index contributed by atoms with van der Waals surface area (Å²) in [5.41, 5.74) is 0. The zero-order valence-corrected chi connectivity index (χ0v) is 10.4. The third kappa shape index (κ3) is 4.74. The van der Waals surface area contributed by atoms with Crippen molar-refractivity contribution in [2.75, 3.05) is 13.2 Å². The molecule has 0 radical (unpaired) electrons. The lowest BCUT2D eigenvalue weighted by Gasteiger charge is -2.28. The fraction of sp³-hybridized carbons (Fsp3) is 0.636. The van der Waals surface area contributed by atoms with Crippen LogP contribution in [0.3, 0.4) is 0 Å². The number of allylic oxidation sites excluding steroid dienone is 2. The van der Waals surface area contributed by atoms with Crippen LogP contribution in [-0.4, -0.2) is 21.8 Å². The van der Waals surface area contributed by atoms with Crippen molar-refractivity contribution in [3.63, 3.8) is 0 Å². The number of hydrogen-bond donors (Lipinski definition) is 0. The Labute approximate surface area is 88.9 Å². The first-order chi connectivity index (χ1) is 6.74. The fourth-order valence-corrected chi connectivity index (χ4v) is 4.05. The molecule has 0 N–H and O–H groups in total. The molecule has 0 aromatic carbocycles. The van der Waals surface area contributed by atoms with Crippen LogP contribution in [-0.2, 0) is 8.85 Å². The second-order valence-corrected chi connectivity index (χ2v) is 6.39. The van der Waals surface area contributed by atoms with Crippen molar-refractivity contribution >= 4 is 8.56 Å². The van der Waals surface area contributed by atoms with E-state index >= 15 is 0 Å². The maximum atomic E-state index is 5.87. The summed E-state index contributed by atoms with van der Waals surface area (Å²) in [5.74, 6) is 0. The summed E-state index contributed by atoms with van der Waals surface area (Å²) in [4.78, 5) is 0. The molecule has 0 atom stereocenters. The van der Waals surface area contributed by atoms with Gasteiger partial charge in [0.1, 0.15) is 0 Å². The van der Waals surface area contributed by atoms with E-state index in [0.717, 1.165) is 25.1 Å². The molecule has 0 rings (SSSR count). The molecule has 0 saturated heterocycles. The molecule has 0 fully saturated rings. The molecule has 82 valence electrons. The van der Waals surface area contributed by atoms with E-state index in [0.29, 0.717) is 6.61 Å². The molecule has 0 heterocycles. The minimum atomic E-state index is -2.05. The third-order valence-corrected chi connectivity index (χ3v) is 5.25. The Morgan fingerprint density at radius 2 is 1.64 bits per heavy atom. The molecule has 0 aliphatic rings. The fourth-order valence-electron chi connectivity index (χ4n) is 1.35. The van der Waals surface area contributed by atoms with Crippen molar-refractivity contribution < 1.29 is 8.85 Å². The van der Waals surface area contributed by atoms with E-state index in [2.05, 4.69) is 20.1 Å². The average Bonchev–Trinajstić information content (AvgIpc) is 2.16. The Kier molecular flexibility index (Phi) is 7.75. The molecule has 0 aromatic rings. The Morgan fingerprint density at radius 1 is 1.07 bits per heavy atom. The summed E-state index contributed by atoms with van der Waals surface area (Å²) in [6.07, 6.45) is 4.80. The lowest BCUT2D eigenvalue weighted by Crippen LogP contribution is -2.41. The first-order valence-electron chi connectivity index (χ1n) is 5.24. The summed E-state index contributed by atoms with van der Waals surface area (Å²) in [6, 6.07) is 1.68. The van der Waals surface area contributed by atoms with Gasteiger partial charge in [0.15, 0.2) is 0 Å². The smallest absolute Gasteiger partial charge is 0.345 e. The minimum absolute atomic E-state index is 0.706. The molecule has 0 aromatic heterocycles. The van der Waals surface area contributed by atoms with Crippen LogP contribution in [0.4, 0.5) is 0 Å². The van der Waals surface area contributed by atoms with Gasteiger partial charge in [0.05, 0.1) is 0 Å². The van der Waals surface area contributed by atoms with Crippen molar-refractivity contribution in [3.8, 4) is 0 Å². The molecule has 2 nitrogen and oxygen atoms in total. The zero-order valence-electron chi connectivity index (χ0n) is 9.42. The van der Waals surface area contributed by atoms with Gasteiger partial charge in [-0.1, -0.05) is 19.1 Å². The van der Waals surface area contributed by atoms with E-state index in [1.54, 1.807) is 0 Å². The third-order valence-electron chi connectivity index (χ3n) is 1.89. The molecule has 0 saturated carbocycles. The number of rotatable bonds is 9. The highest BCUT2D eigenvalue weighted by atomic mass is 28.4. The maximum Gasteiger partial charge on any atom is 0.345 e. The maximum absolute atomic E-state index is 5.87. The molecular weight excluding hydrogens is 192 g/mol. The highest BCUT2D eigenvalue weighted by Crippen LogP contribution is 2.20. The Bertz CT molecular complexity index is 159. The van der Waals surface area contributed by atoms with Gasteiger partial charge >= 0.3 is 8.56 Å². The van der Waals surface area contributed by atoms with Gasteiger partial charge in [-0.05, 0) is 13.3 Å². The van der Waals surface area contributed by atoms with E-state index in [-0.39, 0.29) is 0 Å². The van der Waals surface area contributed by atoms with Crippen LogP contribution < -0.4 is 0 Å². The molecular formula is C11H22O2Si. The van der Waals surface area contributed by atoms with Crippen molar-refractivity contribution in [3.05, 3.63) is 25.3 Å². The first-order valence-corrected chi connectivity index (χ1v) is 7.47. The van der Waals surface area contributed by atoms with Crippen molar-refractivity contribution in [1.82, 2.24) is 0 Å². The van der Waals surface area contributed by atoms with Crippen LogP contribution >= 0.6 is 0 Å². The zero-order chi connectivity index (χ0) is 10.9. The summed E-state index contributed by atoms with van der Waals surface area (Å²) >= 11 is 0. The molecule has 0 aliphatic carbocycles. The largest absolute Gasteiger partial charge is 0.394 e. The summed E-state index contributed by atoms with van der Waals surface area (Å²) in [7, 11) is -2.05. The predicted octanol–water partition coefficient (Wildman–Crippen LogP) is 3.26. The van der Waals surface area contributed by atoms with Gasteiger partial charge in [0.25, 0.3) is 0 Å². The minimum Gasteiger partial charge on any atom is -0.394 e. The molecule has 3 heteroatoms. The average molecular weight is 214 g/mol. The molecule has 0 aliphatic heterocycles. The molecule has 0 bridgehead atoms. The van der Waals surface area contributed by atoms with E-state index in [1.165, 1.54) is 0 Å². The molecule has 14 heavy (non-hydrogen) atoms. The van der Waals surface area contributed by atoms with Crippen LogP contribution in [0.5, 0.6) is 0 Å². The van der Waals surface area contributed by atoms with Gasteiger partial charge in [0, 0.05) is 25.3 Å². The van der Waals surface area contributed by atoms with Crippen LogP contribution in [0.1, 0.15) is 20.3 Å². The molecule has 0 unspecified atom stereocenters. The molecule has 0 spiro atoms. The summed E-state index contributed by atoms with van der Waals surface area (Å²) in [5, 5.41) is 0. The highest BCUT2D eigenvalue weighted by molar-refractivity contribution is 6.68. The van der Waals surface area contributed by atoms with Gasteiger partial charge in [-0.25, -0.2) is 0 Å². The van der Waals surface area contributed by atoms with Crippen molar-refractivity contribution in [1.29, 1.82) is 0 Å². The van der Waals surface area contributed by atoms with E-state index in [1.807, 2.05) is 19.1 Å². The quantitative estimate of drug-likeness (QED) is 0.433. The van der Waals surface area contributed by atoms with Crippen molar-refractivity contribution in [2.24, 2.45) is 0 Å². The second kappa shape index (κ2) is 7.97. The highest BCUT2D eigenvalue weighted by Gasteiger charge is 2.34. The van der Waals surface area contributed by atoms with Gasteiger partial charge in [-0.15, -0.1) is 13.2 Å². The first kappa shape index (κ1) is 13.6. The second-order valence-electron chi connectivity index (χ2n) is 3.18. The summed E-state index contributed by atoms with van der Waals surface area (Å²) in [6.45, 7) is 13.1. The lowest BCUT2D eigenvalue weighted by molar-refractivity contribution is 0.180. The van der Waals surface area contributed by atoms with Crippen LogP contribution in [0.25, 0.3) is 0 Å². The standard InChI is InChI=1S/C11H22O2Si/c1-5-9-13-14(10-6-2,11-7-3)12-8-4/h6-7H,2-3,5,8-11H2,1,4H3. The number of hydrogen-bond acceptors (Lipinski definition) is 2. The van der Waals surface area contributed by atoms with E-state index in [4.69, 9.17) is 8.85 Å². The van der Waals surface area contributed by atoms with Gasteiger partial charge in [-0.2, -0.15) is 0 Å². The lowest BCUT2D eigenvalue weighted by atomic mass is 10.5. The van der Waals surface area contributed by atoms with Gasteiger partial charge < -0.3 is 8.85 Å². The Morgan fingerprint density at radius 3 is 2.00 bits per heavy atom. The van der Waals surface area contributed by atoms with Gasteiger partial charge in [0.2, 0.25) is 0 Å². The Balaban J connectivity index is 4.35. The SMILES string of the molecule is C=CC[Si](CC=C)(OCC)OCCC. The predicted molar refractivity (Wildman–Crippen MR) is 63.6 cm³/mol. The summed E-state index contributed by atoms with van der Waals surface area (Å²) < 4.78 is 11.7. The van der Waals surface area contributed by atoms with Crippen LogP contribution in [0, 0.1) is 0 Å². The normalized spacial score (nSPS) is 11.3.